The third-order valence-corrected chi connectivity index (χ3v) is 3.04. The van der Waals surface area contributed by atoms with Gasteiger partial charge in [0.1, 0.15) is 0 Å². The van der Waals surface area contributed by atoms with Crippen LogP contribution in [0.3, 0.4) is 0 Å². The maximum absolute atomic E-state index is 10.7. The molecule has 17 heavy (non-hydrogen) atoms. The van der Waals surface area contributed by atoms with E-state index in [0.29, 0.717) is 6.42 Å². The van der Waals surface area contributed by atoms with Crippen LogP contribution < -0.4 is 0 Å². The van der Waals surface area contributed by atoms with Crippen molar-refractivity contribution in [1.29, 1.82) is 0 Å². The van der Waals surface area contributed by atoms with Crippen molar-refractivity contribution in [3.05, 3.63) is 0 Å². The van der Waals surface area contributed by atoms with Gasteiger partial charge >= 0.3 is 11.9 Å². The van der Waals surface area contributed by atoms with Gasteiger partial charge in [-0.05, 0) is 18.8 Å². The Bertz CT molecular complexity index is 238. The fraction of sp³-hybridized carbons (Fsp3) is 0.846. The first-order valence-electron chi connectivity index (χ1n) is 6.42. The number of hydrogen-bond donors (Lipinski definition) is 2. The van der Waals surface area contributed by atoms with Gasteiger partial charge in [-0.3, -0.25) is 9.59 Å². The molecule has 0 aliphatic rings. The summed E-state index contributed by atoms with van der Waals surface area (Å²) in [5.41, 5.74) is 0. The molecule has 100 valence electrons. The molecule has 0 aliphatic carbocycles. The van der Waals surface area contributed by atoms with Gasteiger partial charge in [-0.1, -0.05) is 39.5 Å². The molecule has 0 amide bonds. The Hall–Kier alpha value is -1.06. The van der Waals surface area contributed by atoms with E-state index in [2.05, 4.69) is 6.92 Å². The Kier molecular flexibility index (Phi) is 8.46. The van der Waals surface area contributed by atoms with Crippen LogP contribution in [0.25, 0.3) is 0 Å². The summed E-state index contributed by atoms with van der Waals surface area (Å²) < 4.78 is 0. The zero-order valence-corrected chi connectivity index (χ0v) is 10.8. The van der Waals surface area contributed by atoms with Crippen molar-refractivity contribution < 1.29 is 19.8 Å². The fourth-order valence-electron chi connectivity index (χ4n) is 2.01. The Balaban J connectivity index is 4.04. The Morgan fingerprint density at radius 1 is 1.12 bits per heavy atom. The molecule has 4 nitrogen and oxygen atoms in total. The average molecular weight is 244 g/mol. The summed E-state index contributed by atoms with van der Waals surface area (Å²) in [6, 6.07) is 0. The molecule has 4 heteroatoms. The van der Waals surface area contributed by atoms with Crippen LogP contribution in [0.2, 0.25) is 0 Å². The minimum Gasteiger partial charge on any atom is -0.481 e. The molecule has 0 rings (SSSR count). The van der Waals surface area contributed by atoms with E-state index in [1.807, 2.05) is 0 Å². The van der Waals surface area contributed by atoms with Crippen molar-refractivity contribution in [2.75, 3.05) is 0 Å². The largest absolute Gasteiger partial charge is 0.481 e. The van der Waals surface area contributed by atoms with Crippen molar-refractivity contribution in [2.45, 2.75) is 58.8 Å². The molecule has 2 atom stereocenters. The highest BCUT2D eigenvalue weighted by Crippen LogP contribution is 2.22. The molecule has 0 fully saturated rings. The molecule has 0 aliphatic heterocycles. The molecule has 0 aromatic rings. The maximum atomic E-state index is 10.7. The SMILES string of the molecule is CCCCCCC(CC(=O)O)CC(C)C(=O)O. The molecule has 2 N–H and O–H groups in total. The quantitative estimate of drug-likeness (QED) is 0.579. The van der Waals surface area contributed by atoms with Crippen molar-refractivity contribution in [3.8, 4) is 0 Å². The monoisotopic (exact) mass is 244 g/mol. The van der Waals surface area contributed by atoms with Gasteiger partial charge in [0, 0.05) is 6.42 Å². The molecule has 0 bridgehead atoms. The summed E-state index contributed by atoms with van der Waals surface area (Å²) in [5.74, 6) is -2.13. The van der Waals surface area contributed by atoms with Gasteiger partial charge in [0.2, 0.25) is 0 Å². The third-order valence-electron chi connectivity index (χ3n) is 3.04. The number of carbonyl (C=O) groups is 2. The van der Waals surface area contributed by atoms with Gasteiger partial charge in [0.15, 0.2) is 0 Å². The van der Waals surface area contributed by atoms with Crippen LogP contribution in [0.1, 0.15) is 58.8 Å². The van der Waals surface area contributed by atoms with Gasteiger partial charge in [-0.2, -0.15) is 0 Å². The van der Waals surface area contributed by atoms with Crippen LogP contribution in [-0.4, -0.2) is 22.2 Å². The van der Waals surface area contributed by atoms with Crippen LogP contribution in [0.4, 0.5) is 0 Å². The van der Waals surface area contributed by atoms with Crippen LogP contribution in [0.15, 0.2) is 0 Å². The second-order valence-electron chi connectivity index (χ2n) is 4.79. The van der Waals surface area contributed by atoms with Crippen molar-refractivity contribution in [2.24, 2.45) is 11.8 Å². The fourth-order valence-corrected chi connectivity index (χ4v) is 2.01. The number of rotatable bonds is 10. The minimum absolute atomic E-state index is 0.00421. The first-order valence-corrected chi connectivity index (χ1v) is 6.42. The normalized spacial score (nSPS) is 14.2. The molecule has 2 unspecified atom stereocenters. The smallest absolute Gasteiger partial charge is 0.306 e. The van der Waals surface area contributed by atoms with Gasteiger partial charge in [-0.25, -0.2) is 0 Å². The number of hydrogen-bond acceptors (Lipinski definition) is 2. The molecule has 0 radical (unpaired) electrons. The molecule has 0 aromatic heterocycles. The highest BCUT2D eigenvalue weighted by atomic mass is 16.4. The van der Waals surface area contributed by atoms with Gasteiger partial charge in [0.25, 0.3) is 0 Å². The topological polar surface area (TPSA) is 74.6 Å². The lowest BCUT2D eigenvalue weighted by atomic mass is 9.88. The van der Waals surface area contributed by atoms with E-state index in [1.54, 1.807) is 6.92 Å². The molecular weight excluding hydrogens is 220 g/mol. The van der Waals surface area contributed by atoms with Crippen molar-refractivity contribution in [1.82, 2.24) is 0 Å². The van der Waals surface area contributed by atoms with E-state index < -0.39 is 17.9 Å². The lowest BCUT2D eigenvalue weighted by molar-refractivity contribution is -0.143. The van der Waals surface area contributed by atoms with Crippen molar-refractivity contribution in [3.63, 3.8) is 0 Å². The predicted octanol–water partition coefficient (Wildman–Crippen LogP) is 3.16. The number of carboxylic acid groups (broad SMARTS) is 2. The summed E-state index contributed by atoms with van der Waals surface area (Å²) >= 11 is 0. The summed E-state index contributed by atoms with van der Waals surface area (Å²) in [6.45, 7) is 3.77. The molecule has 0 spiro atoms. The van der Waals surface area contributed by atoms with Crippen LogP contribution >= 0.6 is 0 Å². The second-order valence-corrected chi connectivity index (χ2v) is 4.79. The number of unbranched alkanes of at least 4 members (excludes halogenated alkanes) is 3. The second kappa shape index (κ2) is 9.02. The average Bonchev–Trinajstić information content (AvgIpc) is 2.23. The molecule has 0 saturated heterocycles. The molecule has 0 aromatic carbocycles. The Morgan fingerprint density at radius 3 is 2.24 bits per heavy atom. The maximum Gasteiger partial charge on any atom is 0.306 e. The lowest BCUT2D eigenvalue weighted by Crippen LogP contribution is -2.17. The number of aliphatic carboxylic acids is 2. The zero-order chi connectivity index (χ0) is 13.3. The highest BCUT2D eigenvalue weighted by Gasteiger charge is 2.20. The Morgan fingerprint density at radius 2 is 1.76 bits per heavy atom. The summed E-state index contributed by atoms with van der Waals surface area (Å²) in [6.07, 6.45) is 5.79. The van der Waals surface area contributed by atoms with E-state index in [4.69, 9.17) is 10.2 Å². The van der Waals surface area contributed by atoms with E-state index in [1.165, 1.54) is 0 Å². The minimum atomic E-state index is -0.839. The van der Waals surface area contributed by atoms with Crippen LogP contribution in [-0.2, 0) is 9.59 Å². The van der Waals surface area contributed by atoms with Crippen LogP contribution in [0.5, 0.6) is 0 Å². The predicted molar refractivity (Wildman–Crippen MR) is 65.9 cm³/mol. The van der Waals surface area contributed by atoms with Crippen molar-refractivity contribution >= 4 is 11.9 Å². The first-order chi connectivity index (χ1) is 7.97. The molecule has 0 saturated carbocycles. The number of carboxylic acids is 2. The van der Waals surface area contributed by atoms with Gasteiger partial charge in [-0.15, -0.1) is 0 Å². The first kappa shape index (κ1) is 15.9. The third kappa shape index (κ3) is 8.72. The van der Waals surface area contributed by atoms with E-state index in [9.17, 15) is 9.59 Å². The zero-order valence-electron chi connectivity index (χ0n) is 10.8. The molecular formula is C13H24O4. The van der Waals surface area contributed by atoms with Gasteiger partial charge < -0.3 is 10.2 Å². The highest BCUT2D eigenvalue weighted by molar-refractivity contribution is 5.70. The summed E-state index contributed by atoms with van der Waals surface area (Å²) in [4.78, 5) is 21.5. The van der Waals surface area contributed by atoms with E-state index in [0.717, 1.165) is 32.1 Å². The summed E-state index contributed by atoms with van der Waals surface area (Å²) in [7, 11) is 0. The van der Waals surface area contributed by atoms with Gasteiger partial charge in [0.05, 0.1) is 5.92 Å². The standard InChI is InChI=1S/C13H24O4/c1-3-4-5-6-7-11(9-12(14)15)8-10(2)13(16)17/h10-11H,3-9H2,1-2H3,(H,14,15)(H,16,17). The van der Waals surface area contributed by atoms with E-state index in [-0.39, 0.29) is 12.3 Å². The Labute approximate surface area is 103 Å². The van der Waals surface area contributed by atoms with E-state index >= 15 is 0 Å². The lowest BCUT2D eigenvalue weighted by Gasteiger charge is -2.17. The summed E-state index contributed by atoms with van der Waals surface area (Å²) in [5, 5.41) is 17.6. The van der Waals surface area contributed by atoms with Crippen LogP contribution in [0, 0.1) is 11.8 Å². The molecule has 0 heterocycles.